The molecular weight excluding hydrogens is 296 g/mol. The van der Waals surface area contributed by atoms with Gasteiger partial charge in [-0.3, -0.25) is 14.9 Å². The van der Waals surface area contributed by atoms with E-state index in [1.807, 2.05) is 0 Å². The highest BCUT2D eigenvalue weighted by Crippen LogP contribution is 2.14. The number of carbonyl (C=O) groups is 2. The van der Waals surface area contributed by atoms with Crippen molar-refractivity contribution in [1.82, 2.24) is 4.90 Å². The van der Waals surface area contributed by atoms with Crippen molar-refractivity contribution < 1.29 is 29.5 Å². The Kier molecular flexibility index (Phi) is 6.77. The molecule has 1 unspecified atom stereocenters. The van der Waals surface area contributed by atoms with Crippen LogP contribution in [0.5, 0.6) is 0 Å². The van der Waals surface area contributed by atoms with E-state index in [1.165, 1.54) is 17.0 Å². The van der Waals surface area contributed by atoms with E-state index in [2.05, 4.69) is 0 Å². The van der Waals surface area contributed by atoms with Crippen LogP contribution in [0.2, 0.25) is 0 Å². The molecule has 2 rings (SSSR count). The van der Waals surface area contributed by atoms with E-state index >= 15 is 0 Å². The highest BCUT2D eigenvalue weighted by molar-refractivity contribution is 5.68. The maximum absolute atomic E-state index is 11.6. The summed E-state index contributed by atoms with van der Waals surface area (Å²) >= 11 is 0. The van der Waals surface area contributed by atoms with Gasteiger partial charge in [0.2, 0.25) is 0 Å². The maximum atomic E-state index is 11.6. The number of carboxylic acid groups (broad SMARTS) is 1. The molecule has 0 aromatic heterocycles. The van der Waals surface area contributed by atoms with Crippen molar-refractivity contribution in [3.05, 3.63) is 39.9 Å². The lowest BCUT2D eigenvalue weighted by atomic mass is 10.2. The summed E-state index contributed by atoms with van der Waals surface area (Å²) in [5.74, 6) is 0. The van der Waals surface area contributed by atoms with E-state index in [1.54, 1.807) is 12.1 Å². The van der Waals surface area contributed by atoms with Gasteiger partial charge in [0.15, 0.2) is 0 Å². The van der Waals surface area contributed by atoms with E-state index in [-0.39, 0.29) is 18.8 Å². The second kappa shape index (κ2) is 8.57. The molecule has 1 aromatic rings. The second-order valence-corrected chi connectivity index (χ2v) is 4.47. The maximum Gasteiger partial charge on any atom is 0.410 e. The summed E-state index contributed by atoms with van der Waals surface area (Å²) in [7, 11) is 0. The van der Waals surface area contributed by atoms with Crippen LogP contribution in [0.4, 0.5) is 10.5 Å². The van der Waals surface area contributed by atoms with Crippen LogP contribution >= 0.6 is 0 Å². The zero-order valence-corrected chi connectivity index (χ0v) is 11.6. The lowest BCUT2D eigenvalue weighted by molar-refractivity contribution is -0.384. The number of carbonyl (C=O) groups excluding carboxylic acids is 1. The number of ether oxygens (including phenoxy) is 1. The average Bonchev–Trinajstić information content (AvgIpc) is 2.92. The molecule has 1 aromatic carbocycles. The standard InChI is InChI=1S/C12H14N2O5.CH2O2/c15-11-5-6-13(7-11)12(16)19-8-9-1-3-10(4-2-9)14(17)18;2-1-3/h1-4,11,15H,5-8H2;1H,(H,2,3). The van der Waals surface area contributed by atoms with Crippen LogP contribution < -0.4 is 0 Å². The molecule has 2 N–H and O–H groups in total. The Bertz CT molecular complexity index is 518. The first-order valence-corrected chi connectivity index (χ1v) is 6.39. The SMILES string of the molecule is O=C(OCc1ccc([N+](=O)[O-])cc1)N1CCC(O)C1.O=CO. The van der Waals surface area contributed by atoms with Crippen LogP contribution in [0.3, 0.4) is 0 Å². The normalized spacial score (nSPS) is 16.4. The molecule has 1 aliphatic rings. The number of nitro benzene ring substituents is 1. The molecule has 9 heteroatoms. The van der Waals surface area contributed by atoms with E-state index in [9.17, 15) is 20.0 Å². The van der Waals surface area contributed by atoms with Gasteiger partial charge in [0, 0.05) is 25.2 Å². The van der Waals surface area contributed by atoms with Crippen molar-refractivity contribution in [1.29, 1.82) is 0 Å². The summed E-state index contributed by atoms with van der Waals surface area (Å²) in [6.07, 6.45) is -0.395. The molecule has 1 saturated heterocycles. The third-order valence-corrected chi connectivity index (χ3v) is 2.93. The number of β-amino-alcohol motifs (C(OH)–C–C–N with tert-alkyl or cyclic N) is 1. The first-order chi connectivity index (χ1) is 10.5. The van der Waals surface area contributed by atoms with Gasteiger partial charge in [0.1, 0.15) is 6.61 Å². The number of hydrogen-bond acceptors (Lipinski definition) is 6. The Morgan fingerprint density at radius 2 is 2.05 bits per heavy atom. The molecule has 1 amide bonds. The summed E-state index contributed by atoms with van der Waals surface area (Å²) in [6.45, 7) is 0.586. The van der Waals surface area contributed by atoms with E-state index < -0.39 is 17.1 Å². The monoisotopic (exact) mass is 312 g/mol. The highest BCUT2D eigenvalue weighted by Gasteiger charge is 2.25. The van der Waals surface area contributed by atoms with Gasteiger partial charge in [-0.25, -0.2) is 4.79 Å². The number of rotatable bonds is 3. The zero-order chi connectivity index (χ0) is 16.5. The van der Waals surface area contributed by atoms with Crippen LogP contribution in [0.1, 0.15) is 12.0 Å². The number of aliphatic hydroxyl groups excluding tert-OH is 1. The number of non-ortho nitro benzene ring substituents is 1. The van der Waals surface area contributed by atoms with Gasteiger partial charge in [-0.1, -0.05) is 0 Å². The molecule has 0 aliphatic carbocycles. The molecule has 1 aliphatic heterocycles. The van der Waals surface area contributed by atoms with Crippen LogP contribution in [0.15, 0.2) is 24.3 Å². The first kappa shape index (κ1) is 17.4. The minimum Gasteiger partial charge on any atom is -0.483 e. The number of aliphatic hydroxyl groups is 1. The summed E-state index contributed by atoms with van der Waals surface area (Å²) in [5.41, 5.74) is 0.677. The lowest BCUT2D eigenvalue weighted by Gasteiger charge is -2.15. The second-order valence-electron chi connectivity index (χ2n) is 4.47. The molecule has 0 spiro atoms. The minimum atomic E-state index is -0.485. The van der Waals surface area contributed by atoms with Gasteiger partial charge in [0.25, 0.3) is 12.2 Å². The van der Waals surface area contributed by atoms with E-state index in [0.717, 1.165) is 0 Å². The van der Waals surface area contributed by atoms with Gasteiger partial charge in [-0.2, -0.15) is 0 Å². The largest absolute Gasteiger partial charge is 0.483 e. The van der Waals surface area contributed by atoms with Crippen LogP contribution in [0.25, 0.3) is 0 Å². The molecule has 1 atom stereocenters. The van der Waals surface area contributed by atoms with Gasteiger partial charge in [-0.05, 0) is 24.1 Å². The van der Waals surface area contributed by atoms with Crippen LogP contribution in [-0.4, -0.2) is 51.8 Å². The molecule has 22 heavy (non-hydrogen) atoms. The minimum absolute atomic E-state index is 0.00209. The Hall–Kier alpha value is -2.68. The molecule has 0 bridgehead atoms. The Balaban J connectivity index is 0.000000745. The Morgan fingerprint density at radius 3 is 2.50 bits per heavy atom. The topological polar surface area (TPSA) is 130 Å². The predicted octanol–water partition coefficient (Wildman–Crippen LogP) is 0.999. The fourth-order valence-electron chi connectivity index (χ4n) is 1.86. The summed E-state index contributed by atoms with van der Waals surface area (Å²) in [6, 6.07) is 5.82. The summed E-state index contributed by atoms with van der Waals surface area (Å²) in [5, 5.41) is 26.7. The van der Waals surface area contributed by atoms with Crippen LogP contribution in [-0.2, 0) is 16.1 Å². The summed E-state index contributed by atoms with van der Waals surface area (Å²) in [4.78, 5) is 31.4. The van der Waals surface area contributed by atoms with Gasteiger partial charge >= 0.3 is 6.09 Å². The highest BCUT2D eigenvalue weighted by atomic mass is 16.6. The third-order valence-electron chi connectivity index (χ3n) is 2.93. The molecule has 1 heterocycles. The molecule has 0 radical (unpaired) electrons. The van der Waals surface area contributed by atoms with Crippen molar-refractivity contribution in [2.45, 2.75) is 19.1 Å². The molecule has 120 valence electrons. The van der Waals surface area contributed by atoms with Crippen molar-refractivity contribution in [3.63, 3.8) is 0 Å². The first-order valence-electron chi connectivity index (χ1n) is 6.39. The number of benzene rings is 1. The number of likely N-dealkylation sites (tertiary alicyclic amines) is 1. The molecule has 1 fully saturated rings. The van der Waals surface area contributed by atoms with Crippen molar-refractivity contribution >= 4 is 18.3 Å². The molecule has 9 nitrogen and oxygen atoms in total. The zero-order valence-electron chi connectivity index (χ0n) is 11.6. The van der Waals surface area contributed by atoms with Gasteiger partial charge < -0.3 is 19.8 Å². The quantitative estimate of drug-likeness (QED) is 0.483. The van der Waals surface area contributed by atoms with Crippen LogP contribution in [0, 0.1) is 10.1 Å². The fraction of sp³-hybridized carbons (Fsp3) is 0.385. The summed E-state index contributed by atoms with van der Waals surface area (Å²) < 4.78 is 5.07. The third kappa shape index (κ3) is 5.37. The molecule has 0 saturated carbocycles. The molecular formula is C13H16N2O7. The van der Waals surface area contributed by atoms with Crippen molar-refractivity contribution in [3.8, 4) is 0 Å². The number of nitro groups is 1. The van der Waals surface area contributed by atoms with E-state index in [0.29, 0.717) is 25.1 Å². The predicted molar refractivity (Wildman–Crippen MR) is 74.2 cm³/mol. The van der Waals surface area contributed by atoms with Crippen molar-refractivity contribution in [2.24, 2.45) is 0 Å². The van der Waals surface area contributed by atoms with Gasteiger partial charge in [-0.15, -0.1) is 0 Å². The lowest BCUT2D eigenvalue weighted by Crippen LogP contribution is -2.30. The number of amides is 1. The van der Waals surface area contributed by atoms with Gasteiger partial charge in [0.05, 0.1) is 11.0 Å². The average molecular weight is 312 g/mol. The Morgan fingerprint density at radius 1 is 1.45 bits per heavy atom. The fourth-order valence-corrected chi connectivity index (χ4v) is 1.86. The number of nitrogens with zero attached hydrogens (tertiary/aromatic N) is 2. The number of hydrogen-bond donors (Lipinski definition) is 2. The van der Waals surface area contributed by atoms with E-state index in [4.69, 9.17) is 14.6 Å². The van der Waals surface area contributed by atoms with Crippen molar-refractivity contribution in [2.75, 3.05) is 13.1 Å². The Labute approximate surface area is 125 Å². The smallest absolute Gasteiger partial charge is 0.410 e.